The fraction of sp³-hybridized carbons (Fsp3) is 0.250. The molecule has 0 saturated heterocycles. The lowest BCUT2D eigenvalue weighted by Gasteiger charge is -1.90. The van der Waals surface area contributed by atoms with E-state index in [2.05, 4.69) is 4.98 Å². The summed E-state index contributed by atoms with van der Waals surface area (Å²) < 4.78 is 0. The van der Waals surface area contributed by atoms with Gasteiger partial charge in [-0.1, -0.05) is 13.8 Å². The molecule has 0 spiro atoms. The van der Waals surface area contributed by atoms with E-state index in [9.17, 15) is 0 Å². The number of pyridine rings is 1. The van der Waals surface area contributed by atoms with Gasteiger partial charge in [0.1, 0.15) is 6.07 Å². The summed E-state index contributed by atoms with van der Waals surface area (Å²) in [6, 6.07) is 3.51. The number of nitrogens with two attached hydrogens (primary N) is 1. The summed E-state index contributed by atoms with van der Waals surface area (Å²) >= 11 is 0. The molecule has 1 aromatic heterocycles. The lowest BCUT2D eigenvalue weighted by molar-refractivity contribution is 1.31. The summed E-state index contributed by atoms with van der Waals surface area (Å²) in [6.45, 7) is 4.00. The topological polar surface area (TPSA) is 62.7 Å². The number of nitrogen functional groups attached to an aromatic ring is 1. The summed E-state index contributed by atoms with van der Waals surface area (Å²) in [6.07, 6.45) is 2.99. The van der Waals surface area contributed by atoms with Gasteiger partial charge in [0.2, 0.25) is 0 Å². The summed E-state index contributed by atoms with van der Waals surface area (Å²) in [4.78, 5) is 3.72. The number of aromatic nitrogens is 1. The molecule has 0 atom stereocenters. The first-order chi connectivity index (χ1) is 5.34. The second-order valence-corrected chi connectivity index (χ2v) is 1.57. The van der Waals surface area contributed by atoms with Crippen molar-refractivity contribution in [3.05, 3.63) is 24.0 Å². The van der Waals surface area contributed by atoms with Gasteiger partial charge in [-0.3, -0.25) is 4.98 Å². The summed E-state index contributed by atoms with van der Waals surface area (Å²) in [5.74, 6) is 0. The van der Waals surface area contributed by atoms with Crippen molar-refractivity contribution in [3.63, 3.8) is 0 Å². The minimum Gasteiger partial charge on any atom is -0.396 e. The van der Waals surface area contributed by atoms with Gasteiger partial charge in [0, 0.05) is 6.20 Å². The van der Waals surface area contributed by atoms with Gasteiger partial charge in [-0.2, -0.15) is 5.26 Å². The van der Waals surface area contributed by atoms with E-state index < -0.39 is 0 Å². The largest absolute Gasteiger partial charge is 0.396 e. The molecule has 11 heavy (non-hydrogen) atoms. The summed E-state index contributed by atoms with van der Waals surface area (Å²) in [5.41, 5.74) is 6.25. The van der Waals surface area contributed by atoms with Crippen LogP contribution in [0.4, 0.5) is 5.69 Å². The molecule has 0 fully saturated rings. The van der Waals surface area contributed by atoms with Crippen LogP contribution < -0.4 is 5.73 Å². The molecule has 0 aliphatic heterocycles. The second kappa shape index (κ2) is 5.24. The molecule has 3 heteroatoms. The highest BCUT2D eigenvalue weighted by atomic mass is 14.7. The van der Waals surface area contributed by atoms with Crippen LogP contribution in [0.3, 0.4) is 0 Å². The Morgan fingerprint density at radius 2 is 2.18 bits per heavy atom. The average molecular weight is 149 g/mol. The minimum atomic E-state index is 0.431. The maximum absolute atomic E-state index is 8.36. The van der Waals surface area contributed by atoms with Crippen molar-refractivity contribution in [2.75, 3.05) is 5.73 Å². The van der Waals surface area contributed by atoms with E-state index in [1.54, 1.807) is 6.07 Å². The zero-order valence-electron chi connectivity index (χ0n) is 6.70. The minimum absolute atomic E-state index is 0.431. The molecule has 0 aliphatic carbocycles. The van der Waals surface area contributed by atoms with Gasteiger partial charge in [0.25, 0.3) is 0 Å². The Kier molecular flexibility index (Phi) is 4.50. The predicted molar refractivity (Wildman–Crippen MR) is 44.7 cm³/mol. The van der Waals surface area contributed by atoms with Gasteiger partial charge in [-0.25, -0.2) is 0 Å². The lowest BCUT2D eigenvalue weighted by atomic mass is 10.2. The molecule has 1 rings (SSSR count). The average Bonchev–Trinajstić information content (AvgIpc) is 2.09. The van der Waals surface area contributed by atoms with Crippen molar-refractivity contribution in [1.82, 2.24) is 4.98 Å². The number of hydrogen-bond donors (Lipinski definition) is 1. The van der Waals surface area contributed by atoms with E-state index in [1.165, 1.54) is 12.4 Å². The first kappa shape index (κ1) is 9.44. The number of rotatable bonds is 0. The third-order valence-corrected chi connectivity index (χ3v) is 0.972. The number of nitrogens with zero attached hydrogens (tertiary/aromatic N) is 2. The monoisotopic (exact) mass is 149 g/mol. The molecule has 58 valence electrons. The Balaban J connectivity index is 0.000000461. The molecule has 1 aromatic rings. The summed E-state index contributed by atoms with van der Waals surface area (Å²) in [7, 11) is 0. The van der Waals surface area contributed by atoms with Crippen LogP contribution in [-0.2, 0) is 0 Å². The van der Waals surface area contributed by atoms with Crippen LogP contribution >= 0.6 is 0 Å². The highest BCUT2D eigenvalue weighted by Crippen LogP contribution is 2.04. The molecule has 0 aromatic carbocycles. The van der Waals surface area contributed by atoms with E-state index in [0.717, 1.165) is 0 Å². The molecule has 0 saturated carbocycles. The van der Waals surface area contributed by atoms with Crippen LogP contribution in [-0.4, -0.2) is 4.98 Å². The Labute approximate surface area is 66.5 Å². The van der Waals surface area contributed by atoms with E-state index in [-0.39, 0.29) is 0 Å². The first-order valence-electron chi connectivity index (χ1n) is 3.44. The zero-order valence-corrected chi connectivity index (χ0v) is 6.70. The highest BCUT2D eigenvalue weighted by molar-refractivity contribution is 5.51. The fourth-order valence-corrected chi connectivity index (χ4v) is 0.508. The molecule has 2 N–H and O–H groups in total. The molecule has 0 aliphatic rings. The maximum Gasteiger partial charge on any atom is 0.101 e. The molecule has 1 heterocycles. The molecule has 0 amide bonds. The van der Waals surface area contributed by atoms with Crippen molar-refractivity contribution in [2.24, 2.45) is 0 Å². The summed E-state index contributed by atoms with van der Waals surface area (Å²) in [5, 5.41) is 8.36. The van der Waals surface area contributed by atoms with E-state index in [1.807, 2.05) is 19.9 Å². The molecular weight excluding hydrogens is 138 g/mol. The van der Waals surface area contributed by atoms with E-state index in [4.69, 9.17) is 11.0 Å². The van der Waals surface area contributed by atoms with Crippen molar-refractivity contribution in [3.8, 4) is 6.07 Å². The van der Waals surface area contributed by atoms with Gasteiger partial charge in [-0.05, 0) is 6.07 Å². The van der Waals surface area contributed by atoms with Crippen molar-refractivity contribution in [1.29, 1.82) is 5.26 Å². The van der Waals surface area contributed by atoms with E-state index >= 15 is 0 Å². The Morgan fingerprint density at radius 3 is 2.55 bits per heavy atom. The third kappa shape index (κ3) is 2.67. The third-order valence-electron chi connectivity index (χ3n) is 0.972. The van der Waals surface area contributed by atoms with Crippen LogP contribution in [0.15, 0.2) is 18.5 Å². The lowest BCUT2D eigenvalue weighted by Crippen LogP contribution is -1.89. The van der Waals surface area contributed by atoms with Gasteiger partial charge in [-0.15, -0.1) is 0 Å². The zero-order chi connectivity index (χ0) is 8.69. The van der Waals surface area contributed by atoms with Crippen molar-refractivity contribution >= 4 is 5.69 Å². The van der Waals surface area contributed by atoms with Crippen LogP contribution in [0, 0.1) is 11.3 Å². The fourth-order valence-electron chi connectivity index (χ4n) is 0.508. The number of anilines is 1. The van der Waals surface area contributed by atoms with Crippen molar-refractivity contribution in [2.45, 2.75) is 13.8 Å². The molecular formula is C8H11N3. The Bertz CT molecular complexity index is 250. The van der Waals surface area contributed by atoms with Crippen LogP contribution in [0.1, 0.15) is 19.4 Å². The van der Waals surface area contributed by atoms with E-state index in [0.29, 0.717) is 11.3 Å². The quantitative estimate of drug-likeness (QED) is 0.608. The van der Waals surface area contributed by atoms with Gasteiger partial charge < -0.3 is 5.73 Å². The Hall–Kier alpha value is -1.56. The molecule has 0 bridgehead atoms. The molecule has 0 unspecified atom stereocenters. The Morgan fingerprint density at radius 1 is 1.55 bits per heavy atom. The smallest absolute Gasteiger partial charge is 0.101 e. The van der Waals surface area contributed by atoms with Gasteiger partial charge in [0.05, 0.1) is 17.4 Å². The molecule has 3 nitrogen and oxygen atoms in total. The first-order valence-corrected chi connectivity index (χ1v) is 3.44. The van der Waals surface area contributed by atoms with Crippen LogP contribution in [0.5, 0.6) is 0 Å². The predicted octanol–water partition coefficient (Wildman–Crippen LogP) is 1.56. The molecule has 0 radical (unpaired) electrons. The SMILES string of the molecule is CC.N#Cc1ccncc1N. The van der Waals surface area contributed by atoms with Gasteiger partial charge >= 0.3 is 0 Å². The standard InChI is InChI=1S/C6H5N3.C2H6/c7-3-5-1-2-9-4-6(5)8;1-2/h1-2,4H,8H2;1-2H3. The highest BCUT2D eigenvalue weighted by Gasteiger charge is 1.91. The van der Waals surface area contributed by atoms with Crippen LogP contribution in [0.25, 0.3) is 0 Å². The van der Waals surface area contributed by atoms with Crippen molar-refractivity contribution < 1.29 is 0 Å². The van der Waals surface area contributed by atoms with Gasteiger partial charge in [0.15, 0.2) is 0 Å². The second-order valence-electron chi connectivity index (χ2n) is 1.57. The normalized spacial score (nSPS) is 7.36. The number of nitriles is 1. The van der Waals surface area contributed by atoms with Crippen LogP contribution in [0.2, 0.25) is 0 Å². The number of hydrogen-bond acceptors (Lipinski definition) is 3. The maximum atomic E-state index is 8.36.